The monoisotopic (exact) mass is 369 g/mol. The summed E-state index contributed by atoms with van der Waals surface area (Å²) in [6, 6.07) is 3.88. The van der Waals surface area contributed by atoms with Crippen molar-refractivity contribution in [1.82, 2.24) is 9.80 Å². The van der Waals surface area contributed by atoms with E-state index < -0.39 is 27.6 Å². The molecule has 1 aromatic rings. The smallest absolute Gasteiger partial charge is 0.410 e. The zero-order valence-corrected chi connectivity index (χ0v) is 14.7. The molecule has 2 fully saturated rings. The van der Waals surface area contributed by atoms with Gasteiger partial charge in [-0.1, -0.05) is 0 Å². The highest BCUT2D eigenvalue weighted by molar-refractivity contribution is 7.89. The predicted molar refractivity (Wildman–Crippen MR) is 86.7 cm³/mol. The number of benzene rings is 1. The summed E-state index contributed by atoms with van der Waals surface area (Å²) in [4.78, 5) is 27.3. The molecule has 0 bridgehead atoms. The number of hydrogen-bond donors (Lipinski definition) is 1. The second kappa shape index (κ2) is 5.88. The van der Waals surface area contributed by atoms with Gasteiger partial charge in [0.2, 0.25) is 10.0 Å². The van der Waals surface area contributed by atoms with Crippen molar-refractivity contribution in [3.8, 4) is 5.75 Å². The molecule has 2 N–H and O–H groups in total. The van der Waals surface area contributed by atoms with Crippen LogP contribution in [0, 0.1) is 0 Å². The number of likely N-dealkylation sites (tertiary alicyclic amines) is 1. The number of carbonyl (C=O) groups excluding carboxylic acids is 2. The van der Waals surface area contributed by atoms with Gasteiger partial charge in [-0.3, -0.25) is 4.79 Å². The molecule has 9 nitrogen and oxygen atoms in total. The largest absolute Gasteiger partial charge is 0.496 e. The number of sulfonamides is 1. The molecule has 0 saturated carbocycles. The summed E-state index contributed by atoms with van der Waals surface area (Å²) < 4.78 is 33.7. The minimum atomic E-state index is -3.95. The zero-order valence-electron chi connectivity index (χ0n) is 13.9. The van der Waals surface area contributed by atoms with Crippen molar-refractivity contribution in [3.63, 3.8) is 0 Å². The Morgan fingerprint density at radius 3 is 2.64 bits per heavy atom. The first kappa shape index (κ1) is 17.5. The van der Waals surface area contributed by atoms with Gasteiger partial charge in [0.05, 0.1) is 30.7 Å². The van der Waals surface area contributed by atoms with Crippen molar-refractivity contribution in [2.45, 2.75) is 16.9 Å². The number of methoxy groups -OCH3 is 1. The Morgan fingerprint density at radius 1 is 1.36 bits per heavy atom. The number of likely N-dealkylation sites (N-methyl/N-ethyl adjacent to an activating group) is 1. The number of rotatable bonds is 3. The van der Waals surface area contributed by atoms with E-state index in [1.807, 2.05) is 0 Å². The summed E-state index contributed by atoms with van der Waals surface area (Å²) in [6.45, 7) is 1.04. The maximum absolute atomic E-state index is 12.9. The van der Waals surface area contributed by atoms with E-state index in [1.165, 1.54) is 35.1 Å². The van der Waals surface area contributed by atoms with Crippen LogP contribution in [-0.4, -0.2) is 69.6 Å². The van der Waals surface area contributed by atoms with Crippen LogP contribution in [0.3, 0.4) is 0 Å². The fraction of sp³-hybridized carbons (Fsp3) is 0.467. The molecule has 2 heterocycles. The van der Waals surface area contributed by atoms with Gasteiger partial charge < -0.3 is 19.3 Å². The molecule has 1 aromatic carbocycles. The van der Waals surface area contributed by atoms with E-state index in [-0.39, 0.29) is 22.8 Å². The maximum Gasteiger partial charge on any atom is 0.410 e. The van der Waals surface area contributed by atoms with Crippen LogP contribution < -0.4 is 9.88 Å². The normalized spacial score (nSPS) is 23.2. The fourth-order valence-electron chi connectivity index (χ4n) is 3.22. The third kappa shape index (κ3) is 3.14. The van der Waals surface area contributed by atoms with Crippen LogP contribution in [-0.2, 0) is 14.8 Å². The fourth-order valence-corrected chi connectivity index (χ4v) is 3.76. The van der Waals surface area contributed by atoms with Gasteiger partial charge in [0.15, 0.2) is 5.60 Å². The number of nitrogens with two attached hydrogens (primary N) is 1. The molecule has 0 radical (unpaired) electrons. The summed E-state index contributed by atoms with van der Waals surface area (Å²) in [7, 11) is -0.917. The molecule has 3 rings (SSSR count). The van der Waals surface area contributed by atoms with Gasteiger partial charge in [0.25, 0.3) is 5.91 Å². The lowest BCUT2D eigenvalue weighted by Crippen LogP contribution is -2.39. The molecular formula is C15H19N3O6S. The topological polar surface area (TPSA) is 119 Å². The Hall–Kier alpha value is -2.33. The quantitative estimate of drug-likeness (QED) is 0.801. The predicted octanol–water partition coefficient (Wildman–Crippen LogP) is 0.00930. The average molecular weight is 369 g/mol. The first-order valence-electron chi connectivity index (χ1n) is 7.59. The van der Waals surface area contributed by atoms with E-state index in [0.717, 1.165) is 0 Å². The Balaban J connectivity index is 1.88. The summed E-state index contributed by atoms with van der Waals surface area (Å²) >= 11 is 0. The van der Waals surface area contributed by atoms with Gasteiger partial charge >= 0.3 is 6.09 Å². The van der Waals surface area contributed by atoms with Crippen LogP contribution in [0.4, 0.5) is 4.79 Å². The third-order valence-corrected chi connectivity index (χ3v) is 5.39. The van der Waals surface area contributed by atoms with Crippen LogP contribution in [0.15, 0.2) is 23.1 Å². The molecule has 2 saturated heterocycles. The van der Waals surface area contributed by atoms with Gasteiger partial charge in [-0.05, 0) is 18.2 Å². The lowest BCUT2D eigenvalue weighted by molar-refractivity contribution is 0.0551. The summed E-state index contributed by atoms with van der Waals surface area (Å²) in [6.07, 6.45) is 0.106. The average Bonchev–Trinajstić information content (AvgIpc) is 3.08. The van der Waals surface area contributed by atoms with Gasteiger partial charge in [-0.2, -0.15) is 0 Å². The van der Waals surface area contributed by atoms with E-state index in [0.29, 0.717) is 19.5 Å². The number of amides is 2. The molecule has 2 amide bonds. The maximum atomic E-state index is 12.9. The highest BCUT2D eigenvalue weighted by Crippen LogP contribution is 2.33. The van der Waals surface area contributed by atoms with Crippen molar-refractivity contribution < 1.29 is 27.5 Å². The number of nitrogens with zero attached hydrogens (tertiary/aromatic N) is 2. The van der Waals surface area contributed by atoms with E-state index in [2.05, 4.69) is 0 Å². The lowest BCUT2D eigenvalue weighted by Gasteiger charge is -2.22. The molecule has 25 heavy (non-hydrogen) atoms. The van der Waals surface area contributed by atoms with E-state index in [4.69, 9.17) is 14.6 Å². The second-order valence-corrected chi connectivity index (χ2v) is 7.85. The van der Waals surface area contributed by atoms with Crippen molar-refractivity contribution in [1.29, 1.82) is 0 Å². The van der Waals surface area contributed by atoms with Crippen molar-refractivity contribution >= 4 is 22.0 Å². The van der Waals surface area contributed by atoms with E-state index in [1.54, 1.807) is 7.05 Å². The Morgan fingerprint density at radius 2 is 2.08 bits per heavy atom. The molecule has 1 spiro atoms. The molecule has 10 heteroatoms. The molecule has 0 aromatic heterocycles. The summed E-state index contributed by atoms with van der Waals surface area (Å²) in [5.74, 6) is -0.149. The van der Waals surface area contributed by atoms with Crippen LogP contribution >= 0.6 is 0 Å². The molecular weight excluding hydrogens is 350 g/mol. The Labute approximate surface area is 145 Å². The standard InChI is InChI=1S/C15H19N3O6S/c1-17-8-15(24-14(17)20)5-6-18(9-15)13(19)11-7-10(25(16,21)22)3-4-12(11)23-2/h3-4,7H,5-6,8-9H2,1-2H3,(H2,16,21,22). The molecule has 0 aliphatic carbocycles. The van der Waals surface area contributed by atoms with Crippen molar-refractivity contribution in [3.05, 3.63) is 23.8 Å². The zero-order chi connectivity index (χ0) is 18.4. The van der Waals surface area contributed by atoms with Gasteiger partial charge in [-0.25, -0.2) is 18.4 Å². The van der Waals surface area contributed by atoms with Gasteiger partial charge in [0, 0.05) is 20.0 Å². The minimum Gasteiger partial charge on any atom is -0.496 e. The first-order chi connectivity index (χ1) is 11.6. The van der Waals surface area contributed by atoms with E-state index in [9.17, 15) is 18.0 Å². The van der Waals surface area contributed by atoms with Crippen LogP contribution in [0.5, 0.6) is 5.75 Å². The van der Waals surface area contributed by atoms with Gasteiger partial charge in [0.1, 0.15) is 5.75 Å². The number of hydrogen-bond acceptors (Lipinski definition) is 6. The van der Waals surface area contributed by atoms with Crippen LogP contribution in [0.1, 0.15) is 16.8 Å². The molecule has 1 unspecified atom stereocenters. The molecule has 2 aliphatic heterocycles. The molecule has 1 atom stereocenters. The van der Waals surface area contributed by atoms with Crippen molar-refractivity contribution in [2.75, 3.05) is 33.8 Å². The molecule has 136 valence electrons. The third-order valence-electron chi connectivity index (χ3n) is 4.47. The SMILES string of the molecule is COc1ccc(S(N)(=O)=O)cc1C(=O)N1CCC2(CN(C)C(=O)O2)C1. The first-order valence-corrected chi connectivity index (χ1v) is 9.14. The van der Waals surface area contributed by atoms with Crippen molar-refractivity contribution in [2.24, 2.45) is 5.14 Å². The van der Waals surface area contributed by atoms with E-state index >= 15 is 0 Å². The molecule has 2 aliphatic rings. The van der Waals surface area contributed by atoms with Gasteiger partial charge in [-0.15, -0.1) is 0 Å². The summed E-state index contributed by atoms with van der Waals surface area (Å²) in [5.41, 5.74) is -0.615. The number of ether oxygens (including phenoxy) is 2. The number of primary sulfonamides is 1. The highest BCUT2D eigenvalue weighted by atomic mass is 32.2. The van der Waals surface area contributed by atoms with Crippen LogP contribution in [0.2, 0.25) is 0 Å². The van der Waals surface area contributed by atoms with Crippen LogP contribution in [0.25, 0.3) is 0 Å². The minimum absolute atomic E-state index is 0.101. The second-order valence-electron chi connectivity index (χ2n) is 6.29. The summed E-state index contributed by atoms with van der Waals surface area (Å²) in [5, 5.41) is 5.14. The Bertz CT molecular complexity index is 840. The highest BCUT2D eigenvalue weighted by Gasteiger charge is 2.49. The lowest BCUT2D eigenvalue weighted by atomic mass is 10.0. The number of carbonyl (C=O) groups is 2. The Kier molecular flexibility index (Phi) is 4.12.